The average molecular weight is 983 g/mol. The number of carbonyl (C=O) groups excluding carboxylic acids is 3. The molecule has 0 aliphatic rings. The van der Waals surface area contributed by atoms with Crippen LogP contribution in [0.4, 0.5) is 11.4 Å². The number of rotatable bonds is 19. The number of amides is 3. The molecule has 12 nitrogen and oxygen atoms in total. The van der Waals surface area contributed by atoms with Crippen molar-refractivity contribution in [2.45, 2.75) is 13.3 Å². The maximum Gasteiger partial charge on any atom is 0.290 e. The van der Waals surface area contributed by atoms with Crippen LogP contribution in [0.3, 0.4) is 0 Å². The molecule has 3 amide bonds. The Labute approximate surface area is 192 Å². The molecular formula is C21H31Fm2N3O9-2. The van der Waals surface area contributed by atoms with Crippen molar-refractivity contribution in [3.8, 4) is 0 Å². The first-order valence-electron chi connectivity index (χ1n) is 10.2. The van der Waals surface area contributed by atoms with Gasteiger partial charge in [-0.15, -0.1) is 12.1 Å². The maximum absolute atomic E-state index is 12.2. The van der Waals surface area contributed by atoms with Crippen molar-refractivity contribution in [3.63, 3.8) is 0 Å². The summed E-state index contributed by atoms with van der Waals surface area (Å²) in [6, 6.07) is 4.42. The molecule has 0 atom stereocenters. The number of carbonyl (C=O) groups is 2. The van der Waals surface area contributed by atoms with Crippen LogP contribution in [-0.2, 0) is 33.3 Å². The van der Waals surface area contributed by atoms with Crippen molar-refractivity contribution in [1.82, 2.24) is 5.32 Å². The zero-order valence-corrected chi connectivity index (χ0v) is 24.0. The Morgan fingerprint density at radius 1 is 0.857 bits per heavy atom. The molecule has 1 aromatic rings. The van der Waals surface area contributed by atoms with Crippen LogP contribution in [0, 0.1) is 0 Å². The van der Waals surface area contributed by atoms with Gasteiger partial charge in [-0.25, -0.2) is 0 Å². The van der Waals surface area contributed by atoms with Crippen molar-refractivity contribution < 1.29 is 43.2 Å². The molecular weight excluding hydrogens is 952 g/mol. The molecule has 0 radical (unpaired) electrons. The summed E-state index contributed by atoms with van der Waals surface area (Å²) in [5, 5.41) is 14.2. The standard InChI is InChI=1S/C20H29N3O7.CH2O2.2Fm/c1-2-6-27-8-10-29-12-13-30-11-9-28-7-5-21-20(26)17-3-4-18(22-15-24)19(14-17)23-16-25;2-1-3;;/h3-4,14H,2,5-13H2,1H3,(H,21,26)(H,22,24)(H,23,25);1H,(H,2,3);;/q-2;;;. The fourth-order valence-electron chi connectivity index (χ4n) is 2.25. The first-order valence-corrected chi connectivity index (χ1v) is 10.2. The number of nitrogens with one attached hydrogen (secondary N) is 3. The van der Waals surface area contributed by atoms with Gasteiger partial charge < -0.3 is 49.6 Å². The average Bonchev–Trinajstić information content (AvgIpc) is 2.81. The Hall–Kier alpha value is -5.06. The van der Waals surface area contributed by atoms with Gasteiger partial charge in [0.05, 0.1) is 59.1 Å². The van der Waals surface area contributed by atoms with Gasteiger partial charge in [-0.2, -0.15) is 11.4 Å². The smallest absolute Gasteiger partial charge is 0.290 e. The van der Waals surface area contributed by atoms with E-state index < -0.39 is 0 Å². The van der Waals surface area contributed by atoms with Gasteiger partial charge in [0.25, 0.3) is 6.47 Å². The minimum absolute atomic E-state index is 0. The van der Waals surface area contributed by atoms with E-state index in [0.29, 0.717) is 64.0 Å². The number of ether oxygens (including phenoxy) is 4. The number of benzene rings is 1. The molecule has 210 valence electrons. The summed E-state index contributed by atoms with van der Waals surface area (Å²) in [6.45, 7) is 6.16. The minimum atomic E-state index is -0.342. The number of hydrogen-bond donors (Lipinski definition) is 4. The van der Waals surface area contributed by atoms with Crippen molar-refractivity contribution in [2.75, 3.05) is 70.0 Å². The largest absolute Gasteiger partial charge is 0.503 e. The fraction of sp³-hybridized carbons (Fsp3) is 0.524. The molecule has 4 N–H and O–H groups in total. The summed E-state index contributed by atoms with van der Waals surface area (Å²) in [7, 11) is 0. The molecule has 0 saturated carbocycles. The van der Waals surface area contributed by atoms with E-state index in [0.717, 1.165) is 13.0 Å². The third-order valence-corrected chi connectivity index (χ3v) is 3.65. The van der Waals surface area contributed by atoms with E-state index in [4.69, 9.17) is 28.8 Å². The third kappa shape index (κ3) is 18.2. The predicted molar refractivity (Wildman–Crippen MR) is 120 cm³/mol. The molecule has 0 bridgehead atoms. The van der Waals surface area contributed by atoms with Crippen LogP contribution in [0.15, 0.2) is 18.2 Å². The second-order valence-corrected chi connectivity index (χ2v) is 6.03. The van der Waals surface area contributed by atoms with Gasteiger partial charge in [0.15, 0.2) is 0 Å². The first kappa shape index (κ1) is 34.6. The molecule has 0 saturated heterocycles. The fourth-order valence-corrected chi connectivity index (χ4v) is 2.25. The molecule has 1 rings (SSSR count). The van der Waals surface area contributed by atoms with Gasteiger partial charge in [-0.3, -0.25) is 9.59 Å². The molecule has 0 spiro atoms. The van der Waals surface area contributed by atoms with Crippen LogP contribution in [0.25, 0.3) is 0 Å². The van der Waals surface area contributed by atoms with Crippen molar-refractivity contribution in [2.24, 2.45) is 0 Å². The number of carboxylic acid groups (broad SMARTS) is 1. The molecule has 35 heavy (non-hydrogen) atoms. The van der Waals surface area contributed by atoms with E-state index in [1.165, 1.54) is 31.0 Å². The minimum Gasteiger partial charge on any atom is -0.503 e. The second-order valence-electron chi connectivity index (χ2n) is 6.03. The van der Waals surface area contributed by atoms with Gasteiger partial charge >= 0.3 is 0 Å². The van der Waals surface area contributed by atoms with Crippen molar-refractivity contribution in [1.29, 1.82) is 0 Å². The van der Waals surface area contributed by atoms with Gasteiger partial charge in [0.2, 0.25) is 5.91 Å². The predicted octanol–water partition coefficient (Wildman–Crippen LogP) is 0.552. The molecule has 0 aromatic heterocycles. The molecule has 0 unspecified atom stereocenters. The topological polar surface area (TPSA) is 162 Å². The van der Waals surface area contributed by atoms with Gasteiger partial charge in [-0.1, -0.05) is 13.0 Å². The maximum atomic E-state index is 12.2. The van der Waals surface area contributed by atoms with Gasteiger partial charge in [-0.05, 0) is 6.42 Å². The van der Waals surface area contributed by atoms with Crippen LogP contribution in [0.2, 0.25) is 0 Å². The van der Waals surface area contributed by atoms with E-state index in [1.807, 2.05) is 0 Å². The Bertz CT molecular complexity index is 685. The van der Waals surface area contributed by atoms with Crippen LogP contribution in [0.5, 0.6) is 0 Å². The molecule has 1 aromatic carbocycles. The summed E-state index contributed by atoms with van der Waals surface area (Å²) in [6.07, 6.45) is 4.00. The third-order valence-electron chi connectivity index (χ3n) is 3.65. The quantitative estimate of drug-likeness (QED) is 0.0673. The van der Waals surface area contributed by atoms with Crippen LogP contribution >= 0.6 is 0 Å². The van der Waals surface area contributed by atoms with E-state index in [1.54, 1.807) is 0 Å². The molecule has 0 heterocycles. The monoisotopic (exact) mass is 983 g/mol. The van der Waals surface area contributed by atoms with Crippen LogP contribution < -0.4 is 16.0 Å². The number of anilines is 2. The SMILES string of the molecule is CCCOCCOCCOCCOCCNC(=O)c1ccc(N[C-]=O)c(N[C-]=O)c1.O=CO.[Fm].[Fm]. The summed E-state index contributed by atoms with van der Waals surface area (Å²) in [5.41, 5.74) is 0.864. The van der Waals surface area contributed by atoms with E-state index in [-0.39, 0.29) is 18.1 Å². The first-order chi connectivity index (χ1) is 16.1. The zero-order valence-electron chi connectivity index (χ0n) is 19.2. The molecule has 0 aliphatic carbocycles. The van der Waals surface area contributed by atoms with Crippen molar-refractivity contribution >= 4 is 36.6 Å². The van der Waals surface area contributed by atoms with Gasteiger partial charge in [0, 0.05) is 18.7 Å². The van der Waals surface area contributed by atoms with Crippen molar-refractivity contribution in [3.05, 3.63) is 23.8 Å². The van der Waals surface area contributed by atoms with E-state index in [9.17, 15) is 14.4 Å². The Balaban J connectivity index is -0.00000194. The molecule has 0 aliphatic heterocycles. The Morgan fingerprint density at radius 2 is 1.31 bits per heavy atom. The summed E-state index contributed by atoms with van der Waals surface area (Å²) >= 11 is 0. The molecule has 0 fully saturated rings. The van der Waals surface area contributed by atoms with E-state index >= 15 is 0 Å². The summed E-state index contributed by atoms with van der Waals surface area (Å²) in [4.78, 5) is 41.5. The van der Waals surface area contributed by atoms with Crippen LogP contribution in [0.1, 0.15) is 23.7 Å². The Morgan fingerprint density at radius 3 is 1.80 bits per heavy atom. The summed E-state index contributed by atoms with van der Waals surface area (Å²) < 4.78 is 21.4. The zero-order chi connectivity index (χ0) is 24.6. The normalized spacial score (nSPS) is 9.29. The Kier molecular flexibility index (Phi) is 24.9. The second kappa shape index (κ2) is 25.2. The molecule has 14 heteroatoms. The van der Waals surface area contributed by atoms with Crippen LogP contribution in [-0.4, -0.2) is 89.7 Å². The van der Waals surface area contributed by atoms with Gasteiger partial charge in [0.1, 0.15) is 0 Å². The van der Waals surface area contributed by atoms with E-state index in [2.05, 4.69) is 22.9 Å². The summed E-state index contributed by atoms with van der Waals surface area (Å²) in [5.74, 6) is -0.342. The number of hydrogen-bond acceptors (Lipinski definition) is 8.